The number of alkyl halides is 1. The van der Waals surface area contributed by atoms with Crippen molar-refractivity contribution in [1.82, 2.24) is 0 Å². The lowest BCUT2D eigenvalue weighted by atomic mass is 10.1. The Hall–Kier alpha value is -1.03. The summed E-state index contributed by atoms with van der Waals surface area (Å²) in [5.74, 6) is 1.38. The van der Waals surface area contributed by atoms with Gasteiger partial charge in [0, 0.05) is 24.0 Å². The van der Waals surface area contributed by atoms with Gasteiger partial charge in [-0.05, 0) is 30.9 Å². The fourth-order valence-corrected chi connectivity index (χ4v) is 2.36. The van der Waals surface area contributed by atoms with Crippen LogP contribution in [0.4, 0.5) is 5.69 Å². The van der Waals surface area contributed by atoms with Gasteiger partial charge in [-0.3, -0.25) is 4.79 Å². The molecule has 0 aliphatic rings. The van der Waals surface area contributed by atoms with Gasteiger partial charge in [0.15, 0.2) is 0 Å². The molecule has 1 rings (SSSR count). The Bertz CT molecular complexity index is 382. The van der Waals surface area contributed by atoms with Crippen molar-refractivity contribution in [2.75, 3.05) is 17.3 Å². The largest absolute Gasteiger partial charge is 0.494 e. The van der Waals surface area contributed by atoms with Gasteiger partial charge in [-0.25, -0.2) is 0 Å². The first kappa shape index (κ1) is 15.0. The van der Waals surface area contributed by atoms with Gasteiger partial charge in [0.05, 0.1) is 6.61 Å². The molecule has 1 N–H and O–H groups in total. The zero-order chi connectivity index (χ0) is 13.4. The first-order chi connectivity index (χ1) is 8.61. The SMILES string of the molecule is CC(=O)Nc1cccc(OCCC(C)CCBr)c1. The smallest absolute Gasteiger partial charge is 0.221 e. The van der Waals surface area contributed by atoms with Crippen LogP contribution in [0.5, 0.6) is 5.75 Å². The second-order valence-corrected chi connectivity index (χ2v) is 5.22. The Kier molecular flexibility index (Phi) is 6.80. The first-order valence-corrected chi connectivity index (χ1v) is 7.30. The van der Waals surface area contributed by atoms with Crippen molar-refractivity contribution in [3.63, 3.8) is 0 Å². The van der Waals surface area contributed by atoms with Crippen molar-refractivity contribution in [2.24, 2.45) is 5.92 Å². The fourth-order valence-electron chi connectivity index (χ4n) is 1.58. The van der Waals surface area contributed by atoms with Crippen LogP contribution in [-0.4, -0.2) is 17.8 Å². The van der Waals surface area contributed by atoms with Crippen LogP contribution in [0.15, 0.2) is 24.3 Å². The van der Waals surface area contributed by atoms with Gasteiger partial charge in [0.2, 0.25) is 5.91 Å². The Labute approximate surface area is 117 Å². The number of nitrogens with one attached hydrogen (secondary N) is 1. The van der Waals surface area contributed by atoms with Crippen LogP contribution in [0, 0.1) is 5.92 Å². The second-order valence-electron chi connectivity index (χ2n) is 4.43. The Balaban J connectivity index is 2.40. The summed E-state index contributed by atoms with van der Waals surface area (Å²) in [5.41, 5.74) is 0.772. The van der Waals surface area contributed by atoms with Crippen LogP contribution in [0.2, 0.25) is 0 Å². The van der Waals surface area contributed by atoms with E-state index in [0.717, 1.165) is 29.6 Å². The summed E-state index contributed by atoms with van der Waals surface area (Å²) in [5, 5.41) is 3.77. The average molecular weight is 314 g/mol. The van der Waals surface area contributed by atoms with Crippen molar-refractivity contribution in [3.05, 3.63) is 24.3 Å². The number of rotatable bonds is 7. The molecule has 4 heteroatoms. The maximum Gasteiger partial charge on any atom is 0.221 e. The van der Waals surface area contributed by atoms with E-state index in [0.29, 0.717) is 12.5 Å². The number of hydrogen-bond donors (Lipinski definition) is 1. The van der Waals surface area contributed by atoms with Crippen LogP contribution < -0.4 is 10.1 Å². The Morgan fingerprint density at radius 3 is 2.89 bits per heavy atom. The van der Waals surface area contributed by atoms with Crippen molar-refractivity contribution in [2.45, 2.75) is 26.7 Å². The summed E-state index contributed by atoms with van der Waals surface area (Å²) < 4.78 is 5.68. The molecule has 1 atom stereocenters. The number of ether oxygens (including phenoxy) is 1. The van der Waals surface area contributed by atoms with Gasteiger partial charge in [0.1, 0.15) is 5.75 Å². The number of amides is 1. The van der Waals surface area contributed by atoms with E-state index in [4.69, 9.17) is 4.74 Å². The molecule has 0 aliphatic carbocycles. The quantitative estimate of drug-likeness (QED) is 0.777. The molecular weight excluding hydrogens is 294 g/mol. The normalized spacial score (nSPS) is 11.9. The highest BCUT2D eigenvalue weighted by atomic mass is 79.9. The van der Waals surface area contributed by atoms with E-state index in [1.54, 1.807) is 0 Å². The molecule has 0 bridgehead atoms. The second kappa shape index (κ2) is 8.14. The topological polar surface area (TPSA) is 38.3 Å². The first-order valence-electron chi connectivity index (χ1n) is 6.18. The Morgan fingerprint density at radius 2 is 2.22 bits per heavy atom. The standard InChI is InChI=1S/C14H20BrNO2/c1-11(6-8-15)7-9-18-14-5-3-4-13(10-14)16-12(2)17/h3-5,10-11H,6-9H2,1-2H3,(H,16,17). The zero-order valence-corrected chi connectivity index (χ0v) is 12.5. The molecule has 1 amide bonds. The lowest BCUT2D eigenvalue weighted by Crippen LogP contribution is -2.07. The molecule has 0 radical (unpaired) electrons. The van der Waals surface area contributed by atoms with Gasteiger partial charge in [-0.15, -0.1) is 0 Å². The van der Waals surface area contributed by atoms with Crippen LogP contribution in [0.3, 0.4) is 0 Å². The van der Waals surface area contributed by atoms with Gasteiger partial charge in [-0.2, -0.15) is 0 Å². The van der Waals surface area contributed by atoms with E-state index in [9.17, 15) is 4.79 Å². The molecule has 1 unspecified atom stereocenters. The molecule has 0 saturated carbocycles. The minimum atomic E-state index is -0.0712. The molecular formula is C14H20BrNO2. The van der Waals surface area contributed by atoms with Gasteiger partial charge in [-0.1, -0.05) is 28.9 Å². The van der Waals surface area contributed by atoms with Crippen LogP contribution >= 0.6 is 15.9 Å². The summed E-state index contributed by atoms with van der Waals surface area (Å²) in [4.78, 5) is 10.9. The van der Waals surface area contributed by atoms with E-state index >= 15 is 0 Å². The summed E-state index contributed by atoms with van der Waals surface area (Å²) >= 11 is 3.44. The highest BCUT2D eigenvalue weighted by molar-refractivity contribution is 9.09. The van der Waals surface area contributed by atoms with E-state index < -0.39 is 0 Å². The van der Waals surface area contributed by atoms with Gasteiger partial charge in [0.25, 0.3) is 0 Å². The third-order valence-electron chi connectivity index (χ3n) is 2.64. The number of hydrogen-bond acceptors (Lipinski definition) is 2. The molecule has 0 heterocycles. The molecule has 1 aromatic rings. The number of carbonyl (C=O) groups is 1. The fraction of sp³-hybridized carbons (Fsp3) is 0.500. The van der Waals surface area contributed by atoms with Crippen LogP contribution in [0.1, 0.15) is 26.7 Å². The molecule has 3 nitrogen and oxygen atoms in total. The van der Waals surface area contributed by atoms with Crippen molar-refractivity contribution >= 4 is 27.5 Å². The number of benzene rings is 1. The summed E-state index contributed by atoms with van der Waals surface area (Å²) in [6.07, 6.45) is 2.20. The third-order valence-corrected chi connectivity index (χ3v) is 3.09. The molecule has 0 saturated heterocycles. The minimum absolute atomic E-state index is 0.0712. The highest BCUT2D eigenvalue weighted by Crippen LogP contribution is 2.18. The number of anilines is 1. The molecule has 0 aromatic heterocycles. The lowest BCUT2D eigenvalue weighted by Gasteiger charge is -2.11. The molecule has 0 fully saturated rings. The molecule has 100 valence electrons. The Morgan fingerprint density at radius 1 is 1.44 bits per heavy atom. The molecule has 0 aliphatic heterocycles. The minimum Gasteiger partial charge on any atom is -0.494 e. The number of halogens is 1. The summed E-state index contributed by atoms with van der Waals surface area (Å²) in [7, 11) is 0. The third kappa shape index (κ3) is 6.05. The van der Waals surface area contributed by atoms with Crippen molar-refractivity contribution in [1.29, 1.82) is 0 Å². The van der Waals surface area contributed by atoms with Crippen molar-refractivity contribution in [3.8, 4) is 5.75 Å². The van der Waals surface area contributed by atoms with E-state index in [1.807, 2.05) is 24.3 Å². The highest BCUT2D eigenvalue weighted by Gasteiger charge is 2.02. The molecule has 1 aromatic carbocycles. The van der Waals surface area contributed by atoms with Crippen LogP contribution in [-0.2, 0) is 4.79 Å². The predicted octanol–water partition coefficient (Wildman–Crippen LogP) is 3.84. The predicted molar refractivity (Wildman–Crippen MR) is 78.4 cm³/mol. The van der Waals surface area contributed by atoms with Crippen molar-refractivity contribution < 1.29 is 9.53 Å². The lowest BCUT2D eigenvalue weighted by molar-refractivity contribution is -0.114. The molecule has 18 heavy (non-hydrogen) atoms. The number of carbonyl (C=O) groups excluding carboxylic acids is 1. The average Bonchev–Trinajstić information content (AvgIpc) is 2.29. The van der Waals surface area contributed by atoms with Crippen LogP contribution in [0.25, 0.3) is 0 Å². The zero-order valence-electron chi connectivity index (χ0n) is 10.9. The summed E-state index contributed by atoms with van der Waals surface area (Å²) in [6.45, 7) is 4.42. The van der Waals surface area contributed by atoms with E-state index in [1.165, 1.54) is 6.92 Å². The maximum absolute atomic E-state index is 10.9. The van der Waals surface area contributed by atoms with E-state index in [-0.39, 0.29) is 5.91 Å². The van der Waals surface area contributed by atoms with Gasteiger partial charge >= 0.3 is 0 Å². The monoisotopic (exact) mass is 313 g/mol. The summed E-state index contributed by atoms with van der Waals surface area (Å²) in [6, 6.07) is 7.47. The molecule has 0 spiro atoms. The maximum atomic E-state index is 10.9. The van der Waals surface area contributed by atoms with Gasteiger partial charge < -0.3 is 10.1 Å². The van der Waals surface area contributed by atoms with E-state index in [2.05, 4.69) is 28.2 Å².